The third-order valence-electron chi connectivity index (χ3n) is 7.15. The molecule has 0 radical (unpaired) electrons. The molecule has 3 aromatic rings. The van der Waals surface area contributed by atoms with Gasteiger partial charge in [-0.25, -0.2) is 4.79 Å². The van der Waals surface area contributed by atoms with E-state index < -0.39 is 60.4 Å². The number of nitrogens with zero attached hydrogens (tertiary/aromatic N) is 1. The normalized spacial score (nSPS) is 27.1. The smallest absolute Gasteiger partial charge is 0.417 e. The summed E-state index contributed by atoms with van der Waals surface area (Å²) in [4.78, 5) is 18.5. The van der Waals surface area contributed by atoms with Crippen LogP contribution in [0.25, 0.3) is 22.0 Å². The highest BCUT2D eigenvalue weighted by Gasteiger charge is 2.46. The summed E-state index contributed by atoms with van der Waals surface area (Å²) >= 11 is 0. The third kappa shape index (κ3) is 6.05. The zero-order valence-corrected chi connectivity index (χ0v) is 22.0. The molecule has 2 aromatic carbocycles. The van der Waals surface area contributed by atoms with Crippen molar-refractivity contribution in [2.24, 2.45) is 0 Å². The van der Waals surface area contributed by atoms with E-state index in [9.17, 15) is 33.3 Å². The van der Waals surface area contributed by atoms with Gasteiger partial charge in [0.05, 0.1) is 24.8 Å². The number of carbonyl (C=O) groups is 1. The van der Waals surface area contributed by atoms with Crippen LogP contribution in [-0.2, 0) is 25.1 Å². The second-order valence-electron chi connectivity index (χ2n) is 9.89. The summed E-state index contributed by atoms with van der Waals surface area (Å²) in [7, 11) is 1.05. The molecule has 1 aromatic heterocycles. The molecule has 1 unspecified atom stereocenters. The molecule has 13 heteroatoms. The Kier molecular flexibility index (Phi) is 8.55. The molecule has 0 amide bonds. The fourth-order valence-corrected chi connectivity index (χ4v) is 4.96. The zero-order chi connectivity index (χ0) is 29.3. The van der Waals surface area contributed by atoms with E-state index in [0.717, 1.165) is 36.8 Å². The molecule has 41 heavy (non-hydrogen) atoms. The lowest BCUT2D eigenvalue weighted by Gasteiger charge is -2.40. The van der Waals surface area contributed by atoms with Crippen LogP contribution in [0, 0.1) is 0 Å². The van der Waals surface area contributed by atoms with E-state index in [4.69, 9.17) is 23.8 Å². The molecule has 0 bridgehead atoms. The van der Waals surface area contributed by atoms with Gasteiger partial charge in [-0.05, 0) is 48.6 Å². The van der Waals surface area contributed by atoms with E-state index in [1.807, 2.05) is 0 Å². The number of aliphatic hydroxyl groups is 3. The van der Waals surface area contributed by atoms with Crippen molar-refractivity contribution in [3.05, 3.63) is 59.8 Å². The highest BCUT2D eigenvalue weighted by Crippen LogP contribution is 2.39. The topological polar surface area (TPSA) is 129 Å². The van der Waals surface area contributed by atoms with E-state index in [2.05, 4.69) is 0 Å². The van der Waals surface area contributed by atoms with E-state index in [1.165, 1.54) is 6.07 Å². The minimum atomic E-state index is -4.80. The lowest BCUT2D eigenvalue weighted by molar-refractivity contribution is -0.308. The molecule has 5 rings (SSSR count). The molecule has 0 aliphatic carbocycles. The van der Waals surface area contributed by atoms with Gasteiger partial charge in [-0.1, -0.05) is 30.3 Å². The number of methoxy groups -OCH3 is 1. The van der Waals surface area contributed by atoms with Gasteiger partial charge in [0.25, 0.3) is 6.29 Å². The number of hydrogen-bond donors (Lipinski definition) is 3. The number of carbonyl (C=O) groups excluding carboxylic acids is 1. The number of halogens is 3. The Hall–Kier alpha value is -3.20. The summed E-state index contributed by atoms with van der Waals surface area (Å²) in [5, 5.41) is 31.4. The molecular formula is C28H30F3NO9. The van der Waals surface area contributed by atoms with Gasteiger partial charge in [0, 0.05) is 12.0 Å². The SMILES string of the molecule is COC(=O)c1cc2c(C(F)(F)F)cc(-c3ccccc3)cc2n1O[C@@H]1O[C@H](COC2CCCCO2)[C@H](O)[C@@H](O)[C@H]1O. The van der Waals surface area contributed by atoms with Gasteiger partial charge < -0.3 is 39.1 Å². The fraction of sp³-hybridized carbons (Fsp3) is 0.464. The van der Waals surface area contributed by atoms with Gasteiger partial charge in [0.1, 0.15) is 24.4 Å². The minimum absolute atomic E-state index is 0.168. The van der Waals surface area contributed by atoms with Gasteiger partial charge in [-0.15, -0.1) is 0 Å². The highest BCUT2D eigenvalue weighted by atomic mass is 19.4. The van der Waals surface area contributed by atoms with Crippen LogP contribution in [0.4, 0.5) is 13.2 Å². The molecule has 2 fully saturated rings. The molecule has 3 heterocycles. The van der Waals surface area contributed by atoms with E-state index in [-0.39, 0.29) is 23.1 Å². The monoisotopic (exact) mass is 581 g/mol. The van der Waals surface area contributed by atoms with Crippen molar-refractivity contribution in [3.8, 4) is 11.1 Å². The zero-order valence-electron chi connectivity index (χ0n) is 22.0. The van der Waals surface area contributed by atoms with Crippen molar-refractivity contribution in [3.63, 3.8) is 0 Å². The number of aliphatic hydroxyl groups excluding tert-OH is 3. The number of alkyl halides is 3. The Labute approximate surface area is 232 Å². The maximum atomic E-state index is 14.2. The van der Waals surface area contributed by atoms with Crippen LogP contribution in [0.3, 0.4) is 0 Å². The van der Waals surface area contributed by atoms with Crippen LogP contribution in [0.2, 0.25) is 0 Å². The largest absolute Gasteiger partial charge is 0.464 e. The Bertz CT molecular complexity index is 1360. The summed E-state index contributed by atoms with van der Waals surface area (Å²) in [6, 6.07) is 11.6. The summed E-state index contributed by atoms with van der Waals surface area (Å²) in [5.74, 6) is -1.02. The van der Waals surface area contributed by atoms with Crippen molar-refractivity contribution in [1.82, 2.24) is 4.73 Å². The predicted molar refractivity (Wildman–Crippen MR) is 137 cm³/mol. The van der Waals surface area contributed by atoms with E-state index in [1.54, 1.807) is 30.3 Å². The first kappa shape index (κ1) is 29.3. The maximum Gasteiger partial charge on any atom is 0.417 e. The van der Waals surface area contributed by atoms with Gasteiger partial charge in [-0.3, -0.25) is 0 Å². The van der Waals surface area contributed by atoms with Crippen molar-refractivity contribution < 1.29 is 57.1 Å². The summed E-state index contributed by atoms with van der Waals surface area (Å²) < 4.78 is 65.1. The van der Waals surface area contributed by atoms with Crippen molar-refractivity contribution >= 4 is 16.9 Å². The number of hydrogen-bond acceptors (Lipinski definition) is 9. The first-order valence-electron chi connectivity index (χ1n) is 13.1. The molecular weight excluding hydrogens is 551 g/mol. The second-order valence-corrected chi connectivity index (χ2v) is 9.89. The summed E-state index contributed by atoms with van der Waals surface area (Å²) in [6.07, 6.45) is -11.0. The Morgan fingerprint density at radius 1 is 1.02 bits per heavy atom. The lowest BCUT2D eigenvalue weighted by atomic mass is 9.99. The molecule has 2 aliphatic rings. The molecule has 2 saturated heterocycles. The van der Waals surface area contributed by atoms with Crippen molar-refractivity contribution in [2.45, 2.75) is 62.4 Å². The number of aromatic nitrogens is 1. The minimum Gasteiger partial charge on any atom is -0.464 e. The molecule has 0 saturated carbocycles. The van der Waals surface area contributed by atoms with Crippen LogP contribution < -0.4 is 4.84 Å². The maximum absolute atomic E-state index is 14.2. The van der Waals surface area contributed by atoms with E-state index in [0.29, 0.717) is 18.6 Å². The highest BCUT2D eigenvalue weighted by molar-refractivity contribution is 5.98. The molecule has 10 nitrogen and oxygen atoms in total. The first-order valence-corrected chi connectivity index (χ1v) is 13.1. The van der Waals surface area contributed by atoms with Crippen LogP contribution in [0.15, 0.2) is 48.5 Å². The Balaban J connectivity index is 1.54. The lowest BCUT2D eigenvalue weighted by Crippen LogP contribution is -2.61. The number of esters is 1. The average molecular weight is 582 g/mol. The van der Waals surface area contributed by atoms with Crippen LogP contribution in [0.1, 0.15) is 35.3 Å². The number of benzene rings is 2. The van der Waals surface area contributed by atoms with E-state index >= 15 is 0 Å². The first-order chi connectivity index (χ1) is 19.6. The number of rotatable bonds is 7. The van der Waals surface area contributed by atoms with Crippen LogP contribution >= 0.6 is 0 Å². The van der Waals surface area contributed by atoms with Gasteiger partial charge in [0.15, 0.2) is 12.0 Å². The Morgan fingerprint density at radius 2 is 1.78 bits per heavy atom. The average Bonchev–Trinajstić information content (AvgIpc) is 3.34. The molecule has 6 atom stereocenters. The number of ether oxygens (including phenoxy) is 4. The summed E-state index contributed by atoms with van der Waals surface area (Å²) in [5.41, 5.74) is -0.955. The van der Waals surface area contributed by atoms with Crippen molar-refractivity contribution in [1.29, 1.82) is 0 Å². The van der Waals surface area contributed by atoms with Crippen LogP contribution in [-0.4, -0.2) is 83.3 Å². The fourth-order valence-electron chi connectivity index (χ4n) is 4.96. The third-order valence-corrected chi connectivity index (χ3v) is 7.15. The van der Waals surface area contributed by atoms with Crippen molar-refractivity contribution in [2.75, 3.05) is 20.3 Å². The van der Waals surface area contributed by atoms with Gasteiger partial charge in [-0.2, -0.15) is 17.9 Å². The quantitative estimate of drug-likeness (QED) is 0.361. The standard InChI is InChI=1S/C28H30F3NO9/c1-37-26(36)20-13-17-18(28(29,30)31)11-16(15-7-3-2-4-8-15)12-19(17)32(20)41-27-25(35)24(34)23(33)21(40-27)14-39-22-9-5-6-10-38-22/h2-4,7-8,11-13,21-25,27,33-35H,5-6,9-10,14H2,1H3/t21-,22?,23+,24-,25-,27+/m1/s1. The Morgan fingerprint density at radius 3 is 2.44 bits per heavy atom. The molecule has 2 aliphatic heterocycles. The predicted octanol–water partition coefficient (Wildman–Crippen LogP) is 2.89. The molecule has 222 valence electrons. The summed E-state index contributed by atoms with van der Waals surface area (Å²) in [6.45, 7) is 0.274. The van der Waals surface area contributed by atoms with Crippen LogP contribution in [0.5, 0.6) is 0 Å². The number of fused-ring (bicyclic) bond motifs is 1. The molecule has 0 spiro atoms. The molecule has 3 N–H and O–H groups in total. The van der Waals surface area contributed by atoms with Gasteiger partial charge >= 0.3 is 12.1 Å². The second kappa shape index (κ2) is 12.0. The van der Waals surface area contributed by atoms with Gasteiger partial charge in [0.2, 0.25) is 0 Å².